The van der Waals surface area contributed by atoms with Crippen molar-refractivity contribution in [2.24, 2.45) is 11.8 Å². The Bertz CT molecular complexity index is 759. The van der Waals surface area contributed by atoms with Crippen LogP contribution < -0.4 is 4.90 Å². The number of alkyl halides is 3. The smallest absolute Gasteiger partial charge is 0.379 e. The van der Waals surface area contributed by atoms with Crippen molar-refractivity contribution >= 4 is 17.5 Å². The molecule has 3 aliphatic heterocycles. The minimum Gasteiger partial charge on any atom is -0.379 e. The molecule has 5 nitrogen and oxygen atoms in total. The summed E-state index contributed by atoms with van der Waals surface area (Å²) in [4.78, 5) is 26.9. The fraction of sp³-hybridized carbons (Fsp3) is 0.556. The van der Waals surface area contributed by atoms with E-state index in [9.17, 15) is 27.9 Å². The molecular weight excluding hydrogens is 351 g/mol. The molecule has 3 saturated heterocycles. The fourth-order valence-electron chi connectivity index (χ4n) is 4.72. The van der Waals surface area contributed by atoms with Crippen LogP contribution in [0.1, 0.15) is 38.4 Å². The molecule has 0 aliphatic carbocycles. The third-order valence-electron chi connectivity index (χ3n) is 5.98. The number of aliphatic hydroxyl groups is 1. The fourth-order valence-corrected chi connectivity index (χ4v) is 4.72. The lowest BCUT2D eigenvalue weighted by atomic mass is 9.69. The van der Waals surface area contributed by atoms with E-state index in [2.05, 4.69) is 0 Å². The van der Waals surface area contributed by atoms with E-state index in [1.54, 1.807) is 0 Å². The summed E-state index contributed by atoms with van der Waals surface area (Å²) in [6.07, 6.45) is -6.01. The van der Waals surface area contributed by atoms with Gasteiger partial charge in [-0.25, -0.2) is 4.90 Å². The average Bonchev–Trinajstić information content (AvgIpc) is 3.10. The zero-order valence-electron chi connectivity index (χ0n) is 14.2. The Kier molecular flexibility index (Phi) is 3.41. The van der Waals surface area contributed by atoms with Crippen LogP contribution in [0.2, 0.25) is 0 Å². The van der Waals surface area contributed by atoms with Crippen molar-refractivity contribution in [2.75, 3.05) is 4.90 Å². The summed E-state index contributed by atoms with van der Waals surface area (Å²) < 4.78 is 43.8. The average molecular weight is 369 g/mol. The molecule has 3 fully saturated rings. The van der Waals surface area contributed by atoms with Crippen LogP contribution in [0.5, 0.6) is 0 Å². The van der Waals surface area contributed by atoms with Crippen molar-refractivity contribution in [1.82, 2.24) is 0 Å². The first kappa shape index (κ1) is 17.5. The molecule has 3 aliphatic rings. The van der Waals surface area contributed by atoms with E-state index in [-0.39, 0.29) is 23.1 Å². The van der Waals surface area contributed by atoms with Gasteiger partial charge in [-0.3, -0.25) is 9.59 Å². The lowest BCUT2D eigenvalue weighted by Crippen LogP contribution is -2.40. The number of fused-ring (bicyclic) bond motifs is 5. The van der Waals surface area contributed by atoms with Crippen molar-refractivity contribution in [3.05, 3.63) is 29.8 Å². The van der Waals surface area contributed by atoms with Crippen LogP contribution in [0.25, 0.3) is 0 Å². The molecule has 8 heteroatoms. The Morgan fingerprint density at radius 2 is 1.54 bits per heavy atom. The van der Waals surface area contributed by atoms with Gasteiger partial charge in [-0.2, -0.15) is 13.2 Å². The molecule has 26 heavy (non-hydrogen) atoms. The molecule has 0 spiro atoms. The number of rotatable bonds is 2. The van der Waals surface area contributed by atoms with Crippen molar-refractivity contribution < 1.29 is 32.6 Å². The van der Waals surface area contributed by atoms with Gasteiger partial charge in [0.2, 0.25) is 11.8 Å². The summed E-state index contributed by atoms with van der Waals surface area (Å²) in [5.74, 6) is -1.91. The van der Waals surface area contributed by atoms with E-state index >= 15 is 0 Å². The summed E-state index contributed by atoms with van der Waals surface area (Å²) in [5.41, 5.74) is -1.51. The number of anilines is 1. The zero-order valence-corrected chi connectivity index (χ0v) is 14.2. The maximum Gasteiger partial charge on any atom is 0.418 e. The van der Waals surface area contributed by atoms with Gasteiger partial charge in [-0.1, -0.05) is 12.1 Å². The lowest BCUT2D eigenvalue weighted by Gasteiger charge is -2.27. The molecule has 0 aromatic heterocycles. The molecule has 2 bridgehead atoms. The highest BCUT2D eigenvalue weighted by atomic mass is 19.4. The predicted octanol–water partition coefficient (Wildman–Crippen LogP) is 2.73. The molecular formula is C18H18F3NO4. The van der Waals surface area contributed by atoms with E-state index in [1.165, 1.54) is 12.1 Å². The highest BCUT2D eigenvalue weighted by Gasteiger charge is 2.72. The molecule has 1 aromatic carbocycles. The molecule has 140 valence electrons. The molecule has 3 heterocycles. The van der Waals surface area contributed by atoms with Crippen LogP contribution in [-0.4, -0.2) is 34.3 Å². The molecule has 1 N–H and O–H groups in total. The number of amides is 2. The Morgan fingerprint density at radius 3 is 1.96 bits per heavy atom. The first-order valence-electron chi connectivity index (χ1n) is 8.41. The minimum atomic E-state index is -4.78. The Balaban J connectivity index is 1.66. The predicted molar refractivity (Wildman–Crippen MR) is 84.1 cm³/mol. The van der Waals surface area contributed by atoms with Gasteiger partial charge < -0.3 is 9.84 Å². The van der Waals surface area contributed by atoms with Crippen LogP contribution in [0.3, 0.4) is 0 Å². The zero-order chi connectivity index (χ0) is 19.1. The quantitative estimate of drug-likeness (QED) is 0.814. The Labute approximate surface area is 147 Å². The number of hydrogen-bond acceptors (Lipinski definition) is 4. The van der Waals surface area contributed by atoms with E-state index in [0.29, 0.717) is 12.8 Å². The topological polar surface area (TPSA) is 66.8 Å². The summed E-state index contributed by atoms with van der Waals surface area (Å²) in [6, 6.07) is 4.68. The second-order valence-electron chi connectivity index (χ2n) is 7.73. The van der Waals surface area contributed by atoms with Crippen molar-refractivity contribution in [1.29, 1.82) is 0 Å². The summed E-state index contributed by atoms with van der Waals surface area (Å²) in [7, 11) is 0. The van der Waals surface area contributed by atoms with Crippen molar-refractivity contribution in [2.45, 2.75) is 50.2 Å². The number of carbonyl (C=O) groups excluding carboxylic acids is 2. The van der Waals surface area contributed by atoms with Crippen LogP contribution in [-0.2, 0) is 14.3 Å². The highest BCUT2D eigenvalue weighted by molar-refractivity contribution is 6.23. The third kappa shape index (κ3) is 2.18. The molecule has 2 amide bonds. The molecule has 5 atom stereocenters. The first-order chi connectivity index (χ1) is 12.0. The number of halogens is 3. The van der Waals surface area contributed by atoms with E-state index in [1.807, 2.05) is 13.8 Å². The highest BCUT2D eigenvalue weighted by Crippen LogP contribution is 2.60. The van der Waals surface area contributed by atoms with Gasteiger partial charge in [-0.05, 0) is 44.4 Å². The van der Waals surface area contributed by atoms with Gasteiger partial charge in [0.1, 0.15) is 0 Å². The second kappa shape index (κ2) is 5.07. The summed E-state index contributed by atoms with van der Waals surface area (Å²) >= 11 is 0. The van der Waals surface area contributed by atoms with E-state index in [4.69, 9.17) is 4.74 Å². The van der Waals surface area contributed by atoms with Crippen LogP contribution in [0, 0.1) is 11.8 Å². The van der Waals surface area contributed by atoms with Crippen molar-refractivity contribution in [3.8, 4) is 0 Å². The Hall–Kier alpha value is -1.93. The SMILES string of the molecule is CC12CC[C@@](C)(O1)[C@H]1C(=O)N(c3ccc(C(O)C(F)(F)F)cc3)C(=O)C12. The van der Waals surface area contributed by atoms with Gasteiger partial charge in [0.15, 0.2) is 6.10 Å². The van der Waals surface area contributed by atoms with Gasteiger partial charge in [0.25, 0.3) is 0 Å². The maximum atomic E-state index is 12.9. The number of carbonyl (C=O) groups is 2. The number of benzene rings is 1. The lowest BCUT2D eigenvalue weighted by molar-refractivity contribution is -0.206. The number of imide groups is 1. The van der Waals surface area contributed by atoms with Gasteiger partial charge in [-0.15, -0.1) is 0 Å². The number of nitrogens with zero attached hydrogens (tertiary/aromatic N) is 1. The largest absolute Gasteiger partial charge is 0.418 e. The van der Waals surface area contributed by atoms with E-state index < -0.39 is 35.3 Å². The third-order valence-corrected chi connectivity index (χ3v) is 5.98. The second-order valence-corrected chi connectivity index (χ2v) is 7.73. The molecule has 1 aromatic rings. The first-order valence-corrected chi connectivity index (χ1v) is 8.41. The monoisotopic (exact) mass is 369 g/mol. The van der Waals surface area contributed by atoms with Crippen LogP contribution in [0.4, 0.5) is 18.9 Å². The number of hydrogen-bond donors (Lipinski definition) is 1. The molecule has 4 rings (SSSR count). The van der Waals surface area contributed by atoms with Crippen LogP contribution in [0.15, 0.2) is 24.3 Å². The van der Waals surface area contributed by atoms with Crippen molar-refractivity contribution in [3.63, 3.8) is 0 Å². The molecule has 3 unspecified atom stereocenters. The standard InChI is InChI=1S/C18H18F3NO4/c1-16-7-8-17(2,26-16)12-11(16)14(24)22(15(12)25)10-5-3-9(4-6-10)13(23)18(19,20)21/h3-6,11-13,23H,7-8H2,1-2H3/t11-,12?,13?,16-,17?/m1/s1. The van der Waals surface area contributed by atoms with E-state index in [0.717, 1.165) is 17.0 Å². The van der Waals surface area contributed by atoms with Crippen LogP contribution >= 0.6 is 0 Å². The maximum absolute atomic E-state index is 12.9. The van der Waals surface area contributed by atoms with Gasteiger partial charge in [0.05, 0.1) is 28.7 Å². The summed E-state index contributed by atoms with van der Waals surface area (Å²) in [5, 5.41) is 9.31. The number of aliphatic hydroxyl groups excluding tert-OH is 1. The summed E-state index contributed by atoms with van der Waals surface area (Å²) in [6.45, 7) is 3.67. The molecule has 0 saturated carbocycles. The van der Waals surface area contributed by atoms with Gasteiger partial charge in [0, 0.05) is 0 Å². The normalized spacial score (nSPS) is 37.4. The van der Waals surface area contributed by atoms with Gasteiger partial charge >= 0.3 is 6.18 Å². The number of ether oxygens (including phenoxy) is 1. The molecule has 0 radical (unpaired) electrons. The Morgan fingerprint density at radius 1 is 1.08 bits per heavy atom. The minimum absolute atomic E-state index is 0.208.